The molecular weight excluding hydrogens is 344 g/mol. The molecule has 0 aliphatic heterocycles. The number of carbonyl (C=O) groups is 2. The lowest BCUT2D eigenvalue weighted by atomic mass is 10.2. The first kappa shape index (κ1) is 18.0. The average molecular weight is 362 g/mol. The van der Waals surface area contributed by atoms with Crippen LogP contribution in [0.4, 0.5) is 11.4 Å². The Morgan fingerprint density at radius 2 is 1.81 bits per heavy atom. The van der Waals surface area contributed by atoms with Crippen LogP contribution in [0.1, 0.15) is 18.7 Å². The molecule has 2 aromatic heterocycles. The van der Waals surface area contributed by atoms with Crippen molar-refractivity contribution >= 4 is 29.3 Å². The van der Waals surface area contributed by atoms with E-state index >= 15 is 0 Å². The smallest absolute Gasteiger partial charge is 0.249 e. The van der Waals surface area contributed by atoms with E-state index in [-0.39, 0.29) is 11.8 Å². The number of nitrogens with zero attached hydrogens (tertiary/aromatic N) is 4. The molecule has 1 unspecified atom stereocenters. The summed E-state index contributed by atoms with van der Waals surface area (Å²) < 4.78 is 1.47. The lowest BCUT2D eigenvalue weighted by Crippen LogP contribution is -2.24. The van der Waals surface area contributed by atoms with Gasteiger partial charge in [-0.3, -0.25) is 14.6 Å². The van der Waals surface area contributed by atoms with Crippen molar-refractivity contribution in [3.05, 3.63) is 73.1 Å². The van der Waals surface area contributed by atoms with Crippen molar-refractivity contribution in [1.82, 2.24) is 19.7 Å². The van der Waals surface area contributed by atoms with E-state index in [0.717, 1.165) is 0 Å². The Balaban J connectivity index is 1.54. The van der Waals surface area contributed by atoms with Crippen LogP contribution in [0.5, 0.6) is 0 Å². The number of anilines is 2. The molecule has 0 radical (unpaired) electrons. The van der Waals surface area contributed by atoms with Crippen LogP contribution >= 0.6 is 0 Å². The number of carbonyl (C=O) groups excluding carboxylic acids is 2. The number of aromatic nitrogens is 4. The van der Waals surface area contributed by atoms with Gasteiger partial charge in [-0.25, -0.2) is 9.67 Å². The van der Waals surface area contributed by atoms with Gasteiger partial charge in [0.1, 0.15) is 18.7 Å². The third-order valence-electron chi connectivity index (χ3n) is 3.73. The van der Waals surface area contributed by atoms with Crippen LogP contribution in [-0.2, 0) is 9.59 Å². The highest BCUT2D eigenvalue weighted by molar-refractivity contribution is 6.02. The zero-order valence-corrected chi connectivity index (χ0v) is 14.6. The van der Waals surface area contributed by atoms with Gasteiger partial charge in [-0.05, 0) is 49.4 Å². The number of amides is 2. The zero-order valence-electron chi connectivity index (χ0n) is 14.6. The monoisotopic (exact) mass is 362 g/mol. The highest BCUT2D eigenvalue weighted by atomic mass is 16.2. The first-order chi connectivity index (χ1) is 13.1. The van der Waals surface area contributed by atoms with Crippen molar-refractivity contribution in [2.75, 3.05) is 10.6 Å². The van der Waals surface area contributed by atoms with Gasteiger partial charge in [0.05, 0.1) is 5.69 Å². The molecule has 8 nitrogen and oxygen atoms in total. The Morgan fingerprint density at radius 1 is 1.07 bits per heavy atom. The molecule has 136 valence electrons. The molecule has 0 bridgehead atoms. The molecule has 1 atom stereocenters. The van der Waals surface area contributed by atoms with Crippen LogP contribution in [0.25, 0.3) is 6.08 Å². The summed E-state index contributed by atoms with van der Waals surface area (Å²) in [4.78, 5) is 32.1. The van der Waals surface area contributed by atoms with E-state index < -0.39 is 6.04 Å². The maximum Gasteiger partial charge on any atom is 0.249 e. The Kier molecular flexibility index (Phi) is 5.68. The molecule has 3 aromatic rings. The fourth-order valence-corrected chi connectivity index (χ4v) is 2.24. The maximum atomic E-state index is 12.2. The first-order valence-corrected chi connectivity index (χ1v) is 8.27. The number of benzene rings is 1. The Morgan fingerprint density at radius 3 is 2.44 bits per heavy atom. The molecule has 2 amide bonds. The SMILES string of the molecule is CC(C(=O)Nc1ccc(NC(=O)/C=C/c2ccccn2)cc1)n1cncn1. The molecule has 8 heteroatoms. The standard InChI is InChI=1S/C19H18N6O2/c1-14(25-13-20-12-22-25)19(27)24-17-7-5-16(6-8-17)23-18(26)10-9-15-4-2-3-11-21-15/h2-14H,1H3,(H,23,26)(H,24,27)/b10-9+. The van der Waals surface area contributed by atoms with Crippen LogP contribution < -0.4 is 10.6 Å². The highest BCUT2D eigenvalue weighted by Crippen LogP contribution is 2.15. The molecule has 27 heavy (non-hydrogen) atoms. The summed E-state index contributed by atoms with van der Waals surface area (Å²) >= 11 is 0. The number of hydrogen-bond donors (Lipinski definition) is 2. The summed E-state index contributed by atoms with van der Waals surface area (Å²) in [5, 5.41) is 9.50. The summed E-state index contributed by atoms with van der Waals surface area (Å²) in [6.45, 7) is 1.73. The second-order valence-electron chi connectivity index (χ2n) is 5.70. The van der Waals surface area contributed by atoms with Gasteiger partial charge in [-0.2, -0.15) is 5.10 Å². The molecule has 0 saturated heterocycles. The van der Waals surface area contributed by atoms with E-state index in [1.54, 1.807) is 43.5 Å². The van der Waals surface area contributed by atoms with Crippen molar-refractivity contribution in [3.8, 4) is 0 Å². The summed E-state index contributed by atoms with van der Waals surface area (Å²) in [6.07, 6.45) is 7.58. The predicted octanol–water partition coefficient (Wildman–Crippen LogP) is 2.52. The number of rotatable bonds is 6. The molecule has 2 N–H and O–H groups in total. The maximum absolute atomic E-state index is 12.2. The summed E-state index contributed by atoms with van der Waals surface area (Å²) in [6, 6.07) is 11.8. The normalized spacial score (nSPS) is 11.9. The highest BCUT2D eigenvalue weighted by Gasteiger charge is 2.15. The van der Waals surface area contributed by atoms with Crippen molar-refractivity contribution in [2.45, 2.75) is 13.0 Å². The van der Waals surface area contributed by atoms with Gasteiger partial charge in [-0.1, -0.05) is 6.07 Å². The van der Waals surface area contributed by atoms with Crippen LogP contribution in [0.3, 0.4) is 0 Å². The summed E-state index contributed by atoms with van der Waals surface area (Å²) in [5.74, 6) is -0.479. The largest absolute Gasteiger partial charge is 0.324 e. The minimum Gasteiger partial charge on any atom is -0.324 e. The predicted molar refractivity (Wildman–Crippen MR) is 102 cm³/mol. The topological polar surface area (TPSA) is 102 Å². The molecule has 0 aliphatic rings. The second kappa shape index (κ2) is 8.52. The van der Waals surface area contributed by atoms with E-state index in [1.807, 2.05) is 18.2 Å². The van der Waals surface area contributed by atoms with Gasteiger partial charge in [0.25, 0.3) is 0 Å². The van der Waals surface area contributed by atoms with Crippen LogP contribution in [-0.4, -0.2) is 31.6 Å². The van der Waals surface area contributed by atoms with Gasteiger partial charge in [0.15, 0.2) is 0 Å². The van der Waals surface area contributed by atoms with E-state index in [2.05, 4.69) is 25.7 Å². The van der Waals surface area contributed by atoms with Crippen LogP contribution in [0.15, 0.2) is 67.4 Å². The van der Waals surface area contributed by atoms with E-state index in [9.17, 15) is 9.59 Å². The molecule has 0 spiro atoms. The van der Waals surface area contributed by atoms with Gasteiger partial charge in [-0.15, -0.1) is 0 Å². The lowest BCUT2D eigenvalue weighted by Gasteiger charge is -2.12. The molecule has 2 heterocycles. The van der Waals surface area contributed by atoms with Crippen LogP contribution in [0, 0.1) is 0 Å². The molecule has 1 aromatic carbocycles. The quantitative estimate of drug-likeness (QED) is 0.656. The number of nitrogens with one attached hydrogen (secondary N) is 2. The Labute approximate surface area is 156 Å². The fraction of sp³-hybridized carbons (Fsp3) is 0.105. The molecule has 0 aliphatic carbocycles. The Hall–Kier alpha value is -3.81. The summed E-state index contributed by atoms with van der Waals surface area (Å²) in [5.41, 5.74) is 1.94. The third kappa shape index (κ3) is 5.08. The first-order valence-electron chi connectivity index (χ1n) is 8.27. The molecular formula is C19H18N6O2. The molecule has 3 rings (SSSR count). The zero-order chi connectivity index (χ0) is 19.1. The van der Waals surface area contributed by atoms with Gasteiger partial charge < -0.3 is 10.6 Å². The van der Waals surface area contributed by atoms with Crippen molar-refractivity contribution in [1.29, 1.82) is 0 Å². The Bertz CT molecular complexity index is 921. The van der Waals surface area contributed by atoms with E-state index in [4.69, 9.17) is 0 Å². The minimum absolute atomic E-state index is 0.212. The van der Waals surface area contributed by atoms with Crippen molar-refractivity contribution in [2.24, 2.45) is 0 Å². The molecule has 0 fully saturated rings. The van der Waals surface area contributed by atoms with Gasteiger partial charge in [0.2, 0.25) is 11.8 Å². The second-order valence-corrected chi connectivity index (χ2v) is 5.70. The fourth-order valence-electron chi connectivity index (χ4n) is 2.24. The van der Waals surface area contributed by atoms with Crippen molar-refractivity contribution in [3.63, 3.8) is 0 Å². The minimum atomic E-state index is -0.483. The van der Waals surface area contributed by atoms with E-state index in [1.165, 1.54) is 23.4 Å². The lowest BCUT2D eigenvalue weighted by molar-refractivity contribution is -0.119. The van der Waals surface area contributed by atoms with Gasteiger partial charge in [0, 0.05) is 23.6 Å². The van der Waals surface area contributed by atoms with Crippen molar-refractivity contribution < 1.29 is 9.59 Å². The average Bonchev–Trinajstić information content (AvgIpc) is 3.23. The number of hydrogen-bond acceptors (Lipinski definition) is 5. The third-order valence-corrected chi connectivity index (χ3v) is 3.73. The van der Waals surface area contributed by atoms with Crippen LogP contribution in [0.2, 0.25) is 0 Å². The summed E-state index contributed by atoms with van der Waals surface area (Å²) in [7, 11) is 0. The van der Waals surface area contributed by atoms with Gasteiger partial charge >= 0.3 is 0 Å². The molecule has 0 saturated carbocycles. The van der Waals surface area contributed by atoms with E-state index in [0.29, 0.717) is 17.1 Å². The number of pyridine rings is 1.